The maximum absolute atomic E-state index is 13.3. The Morgan fingerprint density at radius 3 is 2.03 bits per heavy atom. The van der Waals surface area contributed by atoms with E-state index in [2.05, 4.69) is 0 Å². The molecule has 0 aliphatic heterocycles. The number of phenols is 3. The molecule has 30 heavy (non-hydrogen) atoms. The fourth-order valence-corrected chi connectivity index (χ4v) is 4.03. The van der Waals surface area contributed by atoms with Crippen LogP contribution in [0.5, 0.6) is 23.0 Å². The maximum atomic E-state index is 13.3. The van der Waals surface area contributed by atoms with Gasteiger partial charge in [-0.3, -0.25) is 9.59 Å². The summed E-state index contributed by atoms with van der Waals surface area (Å²) < 4.78 is 5.04. The van der Waals surface area contributed by atoms with Gasteiger partial charge in [-0.15, -0.1) is 0 Å². The third-order valence-electron chi connectivity index (χ3n) is 5.45. The van der Waals surface area contributed by atoms with E-state index in [0.29, 0.717) is 23.3 Å². The highest BCUT2D eigenvalue weighted by molar-refractivity contribution is 6.18. The number of fused-ring (bicyclic) bond motifs is 2. The third-order valence-corrected chi connectivity index (χ3v) is 5.45. The summed E-state index contributed by atoms with van der Waals surface area (Å²) in [5.41, 5.74) is 1.72. The number of aromatic hydroxyl groups is 3. The standard InChI is InChI=1S/C24H20O6/c1-30-20-11-9-13(12-19(20)28)8-10-18(27)21-14-4-2-6-16(25)22(14)24(29)23-15(21)5-3-7-17(23)26/h2-7,9,11-12,21,25-26,28H,8,10H2,1H3. The summed E-state index contributed by atoms with van der Waals surface area (Å²) in [6.07, 6.45) is 0.526. The molecule has 0 saturated heterocycles. The van der Waals surface area contributed by atoms with E-state index in [-0.39, 0.29) is 40.6 Å². The van der Waals surface area contributed by atoms with Crippen LogP contribution in [0.4, 0.5) is 0 Å². The Labute approximate surface area is 173 Å². The Hall–Kier alpha value is -3.80. The van der Waals surface area contributed by atoms with Crippen molar-refractivity contribution in [2.45, 2.75) is 18.8 Å². The van der Waals surface area contributed by atoms with Crippen molar-refractivity contribution in [2.24, 2.45) is 0 Å². The van der Waals surface area contributed by atoms with E-state index in [9.17, 15) is 24.9 Å². The molecule has 0 bridgehead atoms. The van der Waals surface area contributed by atoms with Crippen LogP contribution < -0.4 is 4.74 Å². The predicted octanol–water partition coefficient (Wildman–Crippen LogP) is 3.69. The van der Waals surface area contributed by atoms with Crippen LogP contribution in [0.1, 0.15) is 45.0 Å². The molecular weight excluding hydrogens is 384 g/mol. The molecule has 0 heterocycles. The molecule has 0 aromatic heterocycles. The first-order valence-electron chi connectivity index (χ1n) is 9.49. The molecule has 1 aliphatic carbocycles. The molecule has 152 valence electrons. The van der Waals surface area contributed by atoms with Crippen LogP contribution in [0, 0.1) is 0 Å². The van der Waals surface area contributed by atoms with Gasteiger partial charge in [-0.05, 0) is 47.4 Å². The van der Waals surface area contributed by atoms with Crippen molar-refractivity contribution in [2.75, 3.05) is 7.11 Å². The van der Waals surface area contributed by atoms with E-state index in [4.69, 9.17) is 4.74 Å². The number of hydrogen-bond acceptors (Lipinski definition) is 6. The van der Waals surface area contributed by atoms with Gasteiger partial charge in [0.15, 0.2) is 11.5 Å². The zero-order valence-corrected chi connectivity index (χ0v) is 16.3. The molecule has 0 spiro atoms. The summed E-state index contributed by atoms with van der Waals surface area (Å²) in [6, 6.07) is 14.2. The van der Waals surface area contributed by atoms with Crippen molar-refractivity contribution in [1.29, 1.82) is 0 Å². The summed E-state index contributed by atoms with van der Waals surface area (Å²) in [4.78, 5) is 26.2. The first-order chi connectivity index (χ1) is 14.4. The molecular formula is C24H20O6. The number of phenolic OH excluding ortho intramolecular Hbond substituents is 3. The molecule has 4 rings (SSSR count). The van der Waals surface area contributed by atoms with E-state index in [1.54, 1.807) is 42.5 Å². The number of methoxy groups -OCH3 is 1. The highest BCUT2D eigenvalue weighted by Gasteiger charge is 2.38. The number of ether oxygens (including phenoxy) is 1. The lowest BCUT2D eigenvalue weighted by molar-refractivity contribution is -0.119. The van der Waals surface area contributed by atoms with Crippen LogP contribution in [-0.4, -0.2) is 34.0 Å². The van der Waals surface area contributed by atoms with Gasteiger partial charge in [-0.25, -0.2) is 0 Å². The number of rotatable bonds is 5. The molecule has 0 unspecified atom stereocenters. The van der Waals surface area contributed by atoms with Crippen LogP contribution in [0.15, 0.2) is 54.6 Å². The van der Waals surface area contributed by atoms with Crippen molar-refractivity contribution in [3.8, 4) is 23.0 Å². The van der Waals surface area contributed by atoms with Gasteiger partial charge in [0.1, 0.15) is 17.3 Å². The number of carbonyl (C=O) groups excluding carboxylic acids is 2. The topological polar surface area (TPSA) is 104 Å². The smallest absolute Gasteiger partial charge is 0.201 e. The molecule has 0 atom stereocenters. The second kappa shape index (κ2) is 7.55. The fraction of sp³-hybridized carbons (Fsp3) is 0.167. The average molecular weight is 404 g/mol. The third kappa shape index (κ3) is 3.16. The number of benzene rings is 3. The quantitative estimate of drug-likeness (QED) is 0.599. The molecule has 0 fully saturated rings. The van der Waals surface area contributed by atoms with Crippen LogP contribution in [0.2, 0.25) is 0 Å². The molecule has 3 aromatic rings. The molecule has 0 saturated carbocycles. The second-order valence-electron chi connectivity index (χ2n) is 7.22. The number of Topliss-reactive ketones (excluding diaryl/α,β-unsaturated/α-hetero) is 1. The van der Waals surface area contributed by atoms with Crippen LogP contribution in [-0.2, 0) is 11.2 Å². The first kappa shape index (κ1) is 19.5. The lowest BCUT2D eigenvalue weighted by Gasteiger charge is -2.27. The SMILES string of the molecule is COc1ccc(CCC(=O)C2c3cccc(O)c3C(=O)c3c(O)cccc32)cc1O. The predicted molar refractivity (Wildman–Crippen MR) is 109 cm³/mol. The van der Waals surface area contributed by atoms with Crippen LogP contribution >= 0.6 is 0 Å². The van der Waals surface area contributed by atoms with E-state index in [1.807, 2.05) is 0 Å². The maximum Gasteiger partial charge on any atom is 0.201 e. The largest absolute Gasteiger partial charge is 0.507 e. The first-order valence-corrected chi connectivity index (χ1v) is 9.49. The van der Waals surface area contributed by atoms with Crippen LogP contribution in [0.3, 0.4) is 0 Å². The zero-order valence-electron chi connectivity index (χ0n) is 16.3. The molecule has 0 radical (unpaired) electrons. The lowest BCUT2D eigenvalue weighted by Crippen LogP contribution is -2.25. The van der Waals surface area contributed by atoms with Gasteiger partial charge in [-0.1, -0.05) is 30.3 Å². The highest BCUT2D eigenvalue weighted by Crippen LogP contribution is 2.43. The van der Waals surface area contributed by atoms with Crippen LogP contribution in [0.25, 0.3) is 0 Å². The number of aryl methyl sites for hydroxylation is 1. The Morgan fingerprint density at radius 2 is 1.50 bits per heavy atom. The lowest BCUT2D eigenvalue weighted by atomic mass is 9.74. The fourth-order valence-electron chi connectivity index (χ4n) is 4.03. The van der Waals surface area contributed by atoms with E-state index in [0.717, 1.165) is 5.56 Å². The van der Waals surface area contributed by atoms with Crippen molar-refractivity contribution in [3.05, 3.63) is 82.4 Å². The second-order valence-corrected chi connectivity index (χ2v) is 7.22. The van der Waals surface area contributed by atoms with E-state index < -0.39 is 11.7 Å². The minimum Gasteiger partial charge on any atom is -0.507 e. The monoisotopic (exact) mass is 404 g/mol. The van der Waals surface area contributed by atoms with E-state index >= 15 is 0 Å². The van der Waals surface area contributed by atoms with Gasteiger partial charge in [0, 0.05) is 6.42 Å². The van der Waals surface area contributed by atoms with Gasteiger partial charge in [-0.2, -0.15) is 0 Å². The number of ketones is 2. The highest BCUT2D eigenvalue weighted by atomic mass is 16.5. The van der Waals surface area contributed by atoms with E-state index in [1.165, 1.54) is 19.2 Å². The minimum absolute atomic E-state index is 0.00347. The van der Waals surface area contributed by atoms with Crippen molar-refractivity contribution in [1.82, 2.24) is 0 Å². The van der Waals surface area contributed by atoms with Gasteiger partial charge in [0.2, 0.25) is 5.78 Å². The zero-order chi connectivity index (χ0) is 21.4. The molecule has 0 amide bonds. The van der Waals surface area contributed by atoms with Gasteiger partial charge < -0.3 is 20.1 Å². The Balaban J connectivity index is 1.70. The van der Waals surface area contributed by atoms with Gasteiger partial charge in [0.05, 0.1) is 24.2 Å². The molecule has 1 aliphatic rings. The summed E-state index contributed by atoms with van der Waals surface area (Å²) in [7, 11) is 1.46. The summed E-state index contributed by atoms with van der Waals surface area (Å²) in [5.74, 6) is -1.52. The Kier molecular flexibility index (Phi) is 4.91. The van der Waals surface area contributed by atoms with Crippen molar-refractivity contribution >= 4 is 11.6 Å². The number of carbonyl (C=O) groups is 2. The minimum atomic E-state index is -0.779. The summed E-state index contributed by atoms with van der Waals surface area (Å²) >= 11 is 0. The van der Waals surface area contributed by atoms with Crippen molar-refractivity contribution in [3.63, 3.8) is 0 Å². The molecule has 3 N–H and O–H groups in total. The normalized spacial score (nSPS) is 12.9. The Morgan fingerprint density at radius 1 is 0.900 bits per heavy atom. The Bertz CT molecular complexity index is 1110. The average Bonchev–Trinajstić information content (AvgIpc) is 2.72. The van der Waals surface area contributed by atoms with Crippen molar-refractivity contribution < 1.29 is 29.6 Å². The van der Waals surface area contributed by atoms with Gasteiger partial charge in [0.25, 0.3) is 0 Å². The molecule has 3 aromatic carbocycles. The molecule has 6 nitrogen and oxygen atoms in total. The summed E-state index contributed by atoms with van der Waals surface area (Å²) in [5, 5.41) is 30.5. The summed E-state index contributed by atoms with van der Waals surface area (Å²) in [6.45, 7) is 0. The van der Waals surface area contributed by atoms with Gasteiger partial charge >= 0.3 is 0 Å². The molecule has 6 heteroatoms. The number of hydrogen-bond donors (Lipinski definition) is 3.